The average Bonchev–Trinajstić information content (AvgIpc) is 2.26. The third-order valence-corrected chi connectivity index (χ3v) is 2.70. The minimum Gasteiger partial charge on any atom is -0.396 e. The number of hydrogen-bond donors (Lipinski definition) is 2. The van der Waals surface area contributed by atoms with Crippen LogP contribution in [0.4, 0.5) is 15.8 Å². The predicted octanol–water partition coefficient (Wildman–Crippen LogP) is 2.55. The van der Waals surface area contributed by atoms with Gasteiger partial charge in [-0.3, -0.25) is 10.1 Å². The van der Waals surface area contributed by atoms with E-state index in [2.05, 4.69) is 5.32 Å². The Bertz CT molecular complexity index is 435. The zero-order chi connectivity index (χ0) is 13.8. The molecule has 6 heteroatoms. The first-order chi connectivity index (χ1) is 8.35. The van der Waals surface area contributed by atoms with Crippen LogP contribution >= 0.6 is 0 Å². The van der Waals surface area contributed by atoms with E-state index in [1.54, 1.807) is 0 Å². The maximum Gasteiger partial charge on any atom is 0.292 e. The van der Waals surface area contributed by atoms with Crippen molar-refractivity contribution in [1.82, 2.24) is 0 Å². The third-order valence-electron chi connectivity index (χ3n) is 2.70. The maximum absolute atomic E-state index is 13.1. The van der Waals surface area contributed by atoms with Crippen molar-refractivity contribution in [2.45, 2.75) is 20.3 Å². The largest absolute Gasteiger partial charge is 0.396 e. The van der Waals surface area contributed by atoms with Crippen molar-refractivity contribution in [3.8, 4) is 0 Å². The van der Waals surface area contributed by atoms with Gasteiger partial charge >= 0.3 is 0 Å². The lowest BCUT2D eigenvalue weighted by molar-refractivity contribution is -0.384. The first-order valence-corrected chi connectivity index (χ1v) is 5.64. The van der Waals surface area contributed by atoms with Crippen LogP contribution in [-0.2, 0) is 0 Å². The predicted molar refractivity (Wildman–Crippen MR) is 67.0 cm³/mol. The number of anilines is 1. The van der Waals surface area contributed by atoms with E-state index < -0.39 is 10.7 Å². The van der Waals surface area contributed by atoms with Gasteiger partial charge < -0.3 is 10.4 Å². The summed E-state index contributed by atoms with van der Waals surface area (Å²) < 4.78 is 13.1. The Hall–Kier alpha value is -1.69. The summed E-state index contributed by atoms with van der Waals surface area (Å²) in [6.07, 6.45) is 0.559. The topological polar surface area (TPSA) is 75.4 Å². The highest BCUT2D eigenvalue weighted by molar-refractivity contribution is 5.61. The second-order valence-corrected chi connectivity index (χ2v) is 4.91. The van der Waals surface area contributed by atoms with Crippen LogP contribution in [0.5, 0.6) is 0 Å². The van der Waals surface area contributed by atoms with E-state index in [4.69, 9.17) is 5.11 Å². The molecule has 0 atom stereocenters. The molecule has 0 fully saturated rings. The first-order valence-electron chi connectivity index (χ1n) is 5.64. The van der Waals surface area contributed by atoms with Crippen molar-refractivity contribution in [2.24, 2.45) is 5.41 Å². The molecule has 0 unspecified atom stereocenters. The number of halogens is 1. The van der Waals surface area contributed by atoms with Crippen LogP contribution in [0.15, 0.2) is 18.2 Å². The Labute approximate surface area is 105 Å². The number of nitrogens with zero attached hydrogens (tertiary/aromatic N) is 1. The summed E-state index contributed by atoms with van der Waals surface area (Å²) in [5.41, 5.74) is -0.225. The van der Waals surface area contributed by atoms with Crippen LogP contribution in [0.25, 0.3) is 0 Å². The van der Waals surface area contributed by atoms with E-state index in [1.807, 2.05) is 13.8 Å². The molecule has 0 radical (unpaired) electrons. The lowest BCUT2D eigenvalue weighted by atomic mass is 9.89. The summed E-state index contributed by atoms with van der Waals surface area (Å²) in [4.78, 5) is 10.2. The van der Waals surface area contributed by atoms with Crippen molar-refractivity contribution in [2.75, 3.05) is 18.5 Å². The highest BCUT2D eigenvalue weighted by atomic mass is 19.1. The highest BCUT2D eigenvalue weighted by Crippen LogP contribution is 2.27. The van der Waals surface area contributed by atoms with Gasteiger partial charge in [-0.1, -0.05) is 13.8 Å². The maximum atomic E-state index is 13.1. The fourth-order valence-electron chi connectivity index (χ4n) is 1.53. The Morgan fingerprint density at radius 2 is 2.17 bits per heavy atom. The molecule has 0 spiro atoms. The Morgan fingerprint density at radius 3 is 2.72 bits per heavy atom. The summed E-state index contributed by atoms with van der Waals surface area (Å²) in [5.74, 6) is -0.525. The third kappa shape index (κ3) is 3.96. The Morgan fingerprint density at radius 1 is 1.50 bits per heavy atom. The zero-order valence-corrected chi connectivity index (χ0v) is 10.4. The molecule has 0 saturated heterocycles. The van der Waals surface area contributed by atoms with Crippen molar-refractivity contribution in [3.63, 3.8) is 0 Å². The minimum absolute atomic E-state index is 0.0416. The van der Waals surface area contributed by atoms with Crippen molar-refractivity contribution < 1.29 is 14.4 Å². The molecule has 0 aromatic heterocycles. The summed E-state index contributed by atoms with van der Waals surface area (Å²) in [7, 11) is 0. The number of nitro groups is 1. The van der Waals surface area contributed by atoms with Crippen LogP contribution in [0.1, 0.15) is 20.3 Å². The second-order valence-electron chi connectivity index (χ2n) is 4.91. The van der Waals surface area contributed by atoms with Crippen LogP contribution < -0.4 is 5.32 Å². The Balaban J connectivity index is 2.83. The van der Waals surface area contributed by atoms with E-state index >= 15 is 0 Å². The van der Waals surface area contributed by atoms with Crippen LogP contribution in [0, 0.1) is 21.3 Å². The molecule has 1 aromatic rings. The number of nitro benzene ring substituents is 1. The fourth-order valence-corrected chi connectivity index (χ4v) is 1.53. The number of aliphatic hydroxyl groups is 1. The minimum atomic E-state index is -0.555. The summed E-state index contributed by atoms with van der Waals surface area (Å²) >= 11 is 0. The van der Waals surface area contributed by atoms with E-state index in [9.17, 15) is 14.5 Å². The van der Waals surface area contributed by atoms with Crippen LogP contribution in [0.3, 0.4) is 0 Å². The van der Waals surface area contributed by atoms with E-state index in [0.29, 0.717) is 13.0 Å². The van der Waals surface area contributed by atoms with Gasteiger partial charge in [0, 0.05) is 25.3 Å². The van der Waals surface area contributed by atoms with Gasteiger partial charge in [0.15, 0.2) is 0 Å². The lowest BCUT2D eigenvalue weighted by Gasteiger charge is -2.24. The van der Waals surface area contributed by atoms with Gasteiger partial charge in [0.05, 0.1) is 4.92 Å². The molecule has 0 aliphatic carbocycles. The molecule has 0 saturated carbocycles. The smallest absolute Gasteiger partial charge is 0.292 e. The van der Waals surface area contributed by atoms with Crippen LogP contribution in [-0.4, -0.2) is 23.2 Å². The first kappa shape index (κ1) is 14.4. The number of hydrogen-bond acceptors (Lipinski definition) is 4. The van der Waals surface area contributed by atoms with Crippen molar-refractivity contribution >= 4 is 11.4 Å². The molecular formula is C12H17FN2O3. The highest BCUT2D eigenvalue weighted by Gasteiger charge is 2.20. The standard InChI is InChI=1S/C12H17FN2O3/c1-12(2,5-6-16)8-14-10-7-9(13)3-4-11(10)15(17)18/h3-4,7,14,16H,5-6,8H2,1-2H3. The van der Waals surface area contributed by atoms with Crippen molar-refractivity contribution in [1.29, 1.82) is 0 Å². The summed E-state index contributed by atoms with van der Waals surface area (Å²) in [6, 6.07) is 3.30. The molecular weight excluding hydrogens is 239 g/mol. The van der Waals surface area contributed by atoms with Crippen molar-refractivity contribution in [3.05, 3.63) is 34.1 Å². The number of benzene rings is 1. The average molecular weight is 256 g/mol. The second kappa shape index (κ2) is 5.77. The van der Waals surface area contributed by atoms with E-state index in [0.717, 1.165) is 18.2 Å². The van der Waals surface area contributed by atoms with Gasteiger partial charge in [0.2, 0.25) is 0 Å². The molecule has 100 valence electrons. The lowest BCUT2D eigenvalue weighted by Crippen LogP contribution is -2.24. The molecule has 0 aliphatic rings. The molecule has 0 heterocycles. The van der Waals surface area contributed by atoms with Gasteiger partial charge in [-0.15, -0.1) is 0 Å². The normalized spacial score (nSPS) is 11.3. The number of rotatable bonds is 6. The molecule has 1 aromatic carbocycles. The SMILES string of the molecule is CC(C)(CCO)CNc1cc(F)ccc1[N+](=O)[O-]. The summed E-state index contributed by atoms with van der Waals surface area (Å²) in [6.45, 7) is 4.29. The molecule has 18 heavy (non-hydrogen) atoms. The van der Waals surface area contributed by atoms with Gasteiger partial charge in [-0.2, -0.15) is 0 Å². The van der Waals surface area contributed by atoms with E-state index in [1.165, 1.54) is 0 Å². The number of nitrogens with one attached hydrogen (secondary N) is 1. The molecule has 5 nitrogen and oxygen atoms in total. The fraction of sp³-hybridized carbons (Fsp3) is 0.500. The van der Waals surface area contributed by atoms with Gasteiger partial charge in [-0.05, 0) is 17.9 Å². The molecule has 0 amide bonds. The monoisotopic (exact) mass is 256 g/mol. The van der Waals surface area contributed by atoms with Crippen LogP contribution in [0.2, 0.25) is 0 Å². The molecule has 0 aliphatic heterocycles. The quantitative estimate of drug-likeness (QED) is 0.606. The Kier molecular flexibility index (Phi) is 4.61. The number of aliphatic hydroxyl groups excluding tert-OH is 1. The molecule has 0 bridgehead atoms. The van der Waals surface area contributed by atoms with Gasteiger partial charge in [0.1, 0.15) is 11.5 Å². The summed E-state index contributed by atoms with van der Waals surface area (Å²) in [5, 5.41) is 22.5. The molecule has 2 N–H and O–H groups in total. The van der Waals surface area contributed by atoms with Gasteiger partial charge in [0.25, 0.3) is 5.69 Å². The van der Waals surface area contributed by atoms with Gasteiger partial charge in [-0.25, -0.2) is 4.39 Å². The van der Waals surface area contributed by atoms with E-state index in [-0.39, 0.29) is 23.4 Å². The zero-order valence-electron chi connectivity index (χ0n) is 10.4. The molecule has 1 rings (SSSR count).